The molecule has 8 heteroatoms. The molecule has 168 valence electrons. The van der Waals surface area contributed by atoms with Crippen LogP contribution in [0.4, 0.5) is 11.5 Å². The van der Waals surface area contributed by atoms with Gasteiger partial charge in [-0.25, -0.2) is 9.97 Å². The summed E-state index contributed by atoms with van der Waals surface area (Å²) in [5.41, 5.74) is 12.4. The molecule has 5 aromatic rings. The van der Waals surface area contributed by atoms with E-state index in [-0.39, 0.29) is 17.3 Å². The monoisotopic (exact) mass is 468 g/mol. The highest BCUT2D eigenvalue weighted by atomic mass is 35.5. The largest absolute Gasteiger partial charge is 0.383 e. The highest BCUT2D eigenvalue weighted by molar-refractivity contribution is 6.30. The maximum atomic E-state index is 13.4. The lowest BCUT2D eigenvalue weighted by Gasteiger charge is -2.08. The minimum Gasteiger partial charge on any atom is -0.383 e. The van der Waals surface area contributed by atoms with Gasteiger partial charge in [0.2, 0.25) is 0 Å². The van der Waals surface area contributed by atoms with Gasteiger partial charge in [-0.05, 0) is 66.9 Å². The molecule has 0 bridgehead atoms. The summed E-state index contributed by atoms with van der Waals surface area (Å²) in [7, 11) is 0. The van der Waals surface area contributed by atoms with E-state index in [4.69, 9.17) is 27.3 Å². The number of anilines is 2. The Morgan fingerprint density at radius 1 is 1.00 bits per heavy atom. The van der Waals surface area contributed by atoms with Crippen LogP contribution >= 0.6 is 11.6 Å². The second-order valence-corrected chi connectivity index (χ2v) is 8.52. The summed E-state index contributed by atoms with van der Waals surface area (Å²) in [5, 5.41) is 8.10. The van der Waals surface area contributed by atoms with E-state index < -0.39 is 0 Å². The van der Waals surface area contributed by atoms with E-state index in [2.05, 4.69) is 10.4 Å². The van der Waals surface area contributed by atoms with Crippen LogP contribution in [-0.4, -0.2) is 26.8 Å². The molecule has 0 fully saturated rings. The molecule has 0 aliphatic carbocycles. The van der Waals surface area contributed by atoms with Crippen molar-refractivity contribution in [3.8, 4) is 0 Å². The van der Waals surface area contributed by atoms with Gasteiger partial charge < -0.3 is 11.1 Å². The third-order valence-electron chi connectivity index (χ3n) is 5.37. The zero-order valence-electron chi connectivity index (χ0n) is 18.6. The first-order valence-electron chi connectivity index (χ1n) is 10.7. The fourth-order valence-corrected chi connectivity index (χ4v) is 4.03. The molecule has 0 aliphatic rings. The molecule has 0 saturated carbocycles. The number of hydrogen-bond acceptors (Lipinski definition) is 5. The van der Waals surface area contributed by atoms with Crippen molar-refractivity contribution >= 4 is 57.4 Å². The van der Waals surface area contributed by atoms with Gasteiger partial charge in [0.05, 0.1) is 17.2 Å². The summed E-state index contributed by atoms with van der Waals surface area (Å²) < 4.78 is 1.44. The first kappa shape index (κ1) is 21.6. The van der Waals surface area contributed by atoms with Gasteiger partial charge in [0.25, 0.3) is 5.91 Å². The van der Waals surface area contributed by atoms with E-state index in [0.717, 1.165) is 16.7 Å². The Bertz CT molecular complexity index is 1570. The van der Waals surface area contributed by atoms with E-state index >= 15 is 0 Å². The molecule has 2 aromatic heterocycles. The van der Waals surface area contributed by atoms with E-state index in [1.807, 2.05) is 68.4 Å². The first-order chi connectivity index (χ1) is 16.4. The van der Waals surface area contributed by atoms with Gasteiger partial charge in [0.1, 0.15) is 16.9 Å². The predicted molar refractivity (Wildman–Crippen MR) is 138 cm³/mol. The number of nitrogens with one attached hydrogen (secondary N) is 1. The van der Waals surface area contributed by atoms with Crippen molar-refractivity contribution in [1.29, 1.82) is 0 Å². The molecule has 0 radical (unpaired) electrons. The molecule has 3 N–H and O–H groups in total. The van der Waals surface area contributed by atoms with Gasteiger partial charge >= 0.3 is 0 Å². The maximum absolute atomic E-state index is 13.4. The number of fused-ring (bicyclic) bond motifs is 2. The van der Waals surface area contributed by atoms with Crippen LogP contribution in [0.2, 0.25) is 5.02 Å². The quantitative estimate of drug-likeness (QED) is 0.337. The summed E-state index contributed by atoms with van der Waals surface area (Å²) in [4.78, 5) is 22.8. The van der Waals surface area contributed by atoms with Crippen molar-refractivity contribution in [3.05, 3.63) is 94.0 Å². The minimum absolute atomic E-state index is 0.150. The van der Waals surface area contributed by atoms with Crippen molar-refractivity contribution < 1.29 is 4.79 Å². The second-order valence-electron chi connectivity index (χ2n) is 8.08. The maximum Gasteiger partial charge on any atom is 0.261 e. The molecule has 0 unspecified atom stereocenters. The molecule has 0 aliphatic heterocycles. The highest BCUT2D eigenvalue weighted by Gasteiger charge is 2.24. The minimum atomic E-state index is -0.377. The van der Waals surface area contributed by atoms with Crippen LogP contribution in [0.1, 0.15) is 27.0 Å². The van der Waals surface area contributed by atoms with Crippen LogP contribution in [0.5, 0.6) is 0 Å². The Balaban J connectivity index is 1.65. The van der Waals surface area contributed by atoms with E-state index in [1.54, 1.807) is 18.3 Å². The Morgan fingerprint density at radius 2 is 1.65 bits per heavy atom. The van der Waals surface area contributed by atoms with Crippen LogP contribution in [0.25, 0.3) is 22.2 Å². The van der Waals surface area contributed by atoms with Gasteiger partial charge in [0, 0.05) is 10.7 Å². The molecular formula is C26H21ClN6O. The number of nitrogen functional groups attached to an aromatic ring is 1. The predicted octanol–water partition coefficient (Wildman–Crippen LogP) is 5.57. The third-order valence-corrected chi connectivity index (χ3v) is 5.62. The summed E-state index contributed by atoms with van der Waals surface area (Å²) >= 11 is 5.98. The smallest absolute Gasteiger partial charge is 0.261 e. The summed E-state index contributed by atoms with van der Waals surface area (Å²) in [5.74, 6) is -0.227. The number of nitrogens with zero attached hydrogens (tertiary/aromatic N) is 4. The molecule has 2 heterocycles. The third kappa shape index (κ3) is 4.09. The molecule has 3 aromatic carbocycles. The van der Waals surface area contributed by atoms with Crippen LogP contribution in [-0.2, 0) is 0 Å². The zero-order valence-corrected chi connectivity index (χ0v) is 19.3. The van der Waals surface area contributed by atoms with Crippen molar-refractivity contribution in [2.45, 2.75) is 13.8 Å². The number of benzene rings is 3. The number of rotatable bonds is 4. The zero-order chi connectivity index (χ0) is 23.8. The van der Waals surface area contributed by atoms with Crippen LogP contribution in [0.3, 0.4) is 0 Å². The summed E-state index contributed by atoms with van der Waals surface area (Å²) in [6, 6.07) is 20.5. The number of halogens is 1. The van der Waals surface area contributed by atoms with Gasteiger partial charge in [0.15, 0.2) is 5.65 Å². The molecular weight excluding hydrogens is 448 g/mol. The number of aromatic nitrogens is 3. The Kier molecular flexibility index (Phi) is 5.47. The van der Waals surface area contributed by atoms with Gasteiger partial charge in [-0.2, -0.15) is 9.78 Å². The van der Waals surface area contributed by atoms with Crippen LogP contribution < -0.4 is 11.1 Å². The van der Waals surface area contributed by atoms with Crippen molar-refractivity contribution in [2.75, 3.05) is 11.1 Å². The number of carbonyl (C=O) groups is 1. The normalized spacial score (nSPS) is 11.5. The number of hydrogen-bond donors (Lipinski definition) is 2. The number of para-hydroxylation sites is 2. The highest BCUT2D eigenvalue weighted by Crippen LogP contribution is 2.29. The molecule has 5 rings (SSSR count). The average Bonchev–Trinajstić information content (AvgIpc) is 3.06. The fraction of sp³-hybridized carbons (Fsp3) is 0.0769. The van der Waals surface area contributed by atoms with Crippen molar-refractivity contribution in [3.63, 3.8) is 0 Å². The SMILES string of the molecule is Cc1cc(C)cc(NC(=O)c2c(N)n(/N=C\c3ccc(Cl)cc3)c3nc4ccccc4nc23)c1. The number of aryl methyl sites for hydroxylation is 2. The van der Waals surface area contributed by atoms with Gasteiger partial charge in [-0.3, -0.25) is 4.79 Å². The Morgan fingerprint density at radius 3 is 2.32 bits per heavy atom. The van der Waals surface area contributed by atoms with Gasteiger partial charge in [-0.15, -0.1) is 0 Å². The lowest BCUT2D eigenvalue weighted by Crippen LogP contribution is -2.14. The Hall–Kier alpha value is -4.23. The van der Waals surface area contributed by atoms with Gasteiger partial charge in [-0.1, -0.05) is 41.9 Å². The molecule has 0 spiro atoms. The lowest BCUT2D eigenvalue weighted by atomic mass is 10.1. The number of carbonyl (C=O) groups excluding carboxylic acids is 1. The number of nitrogens with two attached hydrogens (primary N) is 1. The van der Waals surface area contributed by atoms with Crippen molar-refractivity contribution in [2.24, 2.45) is 5.10 Å². The fourth-order valence-electron chi connectivity index (χ4n) is 3.90. The average molecular weight is 469 g/mol. The summed E-state index contributed by atoms with van der Waals surface area (Å²) in [6.07, 6.45) is 1.63. The van der Waals surface area contributed by atoms with E-state index in [9.17, 15) is 4.79 Å². The van der Waals surface area contributed by atoms with Crippen molar-refractivity contribution in [1.82, 2.24) is 14.6 Å². The lowest BCUT2D eigenvalue weighted by molar-refractivity contribution is 0.102. The molecule has 7 nitrogen and oxygen atoms in total. The number of amides is 1. The topological polar surface area (TPSA) is 98.2 Å². The molecule has 0 atom stereocenters. The van der Waals surface area contributed by atoms with Crippen LogP contribution in [0, 0.1) is 13.8 Å². The summed E-state index contributed by atoms with van der Waals surface area (Å²) in [6.45, 7) is 3.96. The van der Waals surface area contributed by atoms with E-state index in [1.165, 1.54) is 4.68 Å². The van der Waals surface area contributed by atoms with E-state index in [0.29, 0.717) is 32.9 Å². The second kappa shape index (κ2) is 8.61. The standard InChI is InChI=1S/C26H21ClN6O/c1-15-11-16(2)13-19(12-15)30-26(34)22-23-25(32-21-6-4-3-5-20(21)31-23)33(24(22)28)29-14-17-7-9-18(27)10-8-17/h3-14H,28H2,1-2H3,(H,30,34)/b29-14-. The molecule has 34 heavy (non-hydrogen) atoms. The molecule has 1 amide bonds. The Labute approximate surface area is 200 Å². The molecule has 0 saturated heterocycles. The van der Waals surface area contributed by atoms with Crippen LogP contribution in [0.15, 0.2) is 71.8 Å². The first-order valence-corrected chi connectivity index (χ1v) is 11.0.